The molecule has 1 aliphatic rings. The summed E-state index contributed by atoms with van der Waals surface area (Å²) in [7, 11) is 0. The van der Waals surface area contributed by atoms with Gasteiger partial charge in [0.15, 0.2) is 0 Å². The lowest BCUT2D eigenvalue weighted by molar-refractivity contribution is 0.0351. The monoisotopic (exact) mass is 191 g/mol. The number of hydrogen-bond acceptors (Lipinski definition) is 3. The molecule has 0 amide bonds. The number of nitrogens with zero attached hydrogens (tertiary/aromatic N) is 2. The number of anilines is 1. The van der Waals surface area contributed by atoms with Crippen LogP contribution in [0.15, 0.2) is 18.3 Å². The van der Waals surface area contributed by atoms with E-state index in [9.17, 15) is 5.11 Å². The SMILES string of the molecule is CC1(O)CCN(c2[c]nccc2)CC1. The number of aliphatic hydroxyl groups is 1. The third-order valence-corrected chi connectivity index (χ3v) is 2.78. The predicted octanol–water partition coefficient (Wildman–Crippen LogP) is 1.23. The Bertz CT molecular complexity index is 287. The van der Waals surface area contributed by atoms with Crippen LogP contribution in [-0.2, 0) is 0 Å². The summed E-state index contributed by atoms with van der Waals surface area (Å²) in [5.41, 5.74) is 0.543. The summed E-state index contributed by atoms with van der Waals surface area (Å²) in [6, 6.07) is 3.92. The Morgan fingerprint density at radius 2 is 2.21 bits per heavy atom. The number of rotatable bonds is 1. The third kappa shape index (κ3) is 2.04. The van der Waals surface area contributed by atoms with Gasteiger partial charge in [-0.15, -0.1) is 0 Å². The van der Waals surface area contributed by atoms with Crippen molar-refractivity contribution in [3.05, 3.63) is 24.5 Å². The van der Waals surface area contributed by atoms with E-state index in [0.29, 0.717) is 0 Å². The van der Waals surface area contributed by atoms with Gasteiger partial charge < -0.3 is 10.0 Å². The molecule has 14 heavy (non-hydrogen) atoms. The minimum absolute atomic E-state index is 0.487. The zero-order valence-corrected chi connectivity index (χ0v) is 8.40. The lowest BCUT2D eigenvalue weighted by atomic mass is 9.94. The molecule has 0 aliphatic carbocycles. The fourth-order valence-electron chi connectivity index (χ4n) is 1.72. The van der Waals surface area contributed by atoms with Crippen LogP contribution in [0.4, 0.5) is 5.69 Å². The summed E-state index contributed by atoms with van der Waals surface area (Å²) < 4.78 is 0. The average Bonchev–Trinajstić information content (AvgIpc) is 2.19. The van der Waals surface area contributed by atoms with Crippen LogP contribution in [0.5, 0.6) is 0 Å². The van der Waals surface area contributed by atoms with E-state index in [-0.39, 0.29) is 0 Å². The van der Waals surface area contributed by atoms with E-state index in [2.05, 4.69) is 16.1 Å². The van der Waals surface area contributed by atoms with Gasteiger partial charge in [0.05, 0.1) is 11.3 Å². The minimum atomic E-state index is -0.487. The molecule has 0 saturated carbocycles. The maximum Gasteiger partial charge on any atom is 0.114 e. The van der Waals surface area contributed by atoms with Crippen molar-refractivity contribution < 1.29 is 5.11 Å². The quantitative estimate of drug-likeness (QED) is 0.725. The molecule has 2 heterocycles. The van der Waals surface area contributed by atoms with Crippen LogP contribution in [0.2, 0.25) is 0 Å². The minimum Gasteiger partial charge on any atom is -0.390 e. The Hall–Kier alpha value is -1.09. The first-order valence-corrected chi connectivity index (χ1v) is 4.97. The highest BCUT2D eigenvalue weighted by molar-refractivity contribution is 5.43. The zero-order chi connectivity index (χ0) is 10.0. The van der Waals surface area contributed by atoms with Crippen molar-refractivity contribution >= 4 is 5.69 Å². The molecule has 3 heteroatoms. The molecular formula is C11H15N2O. The Morgan fingerprint density at radius 3 is 2.79 bits per heavy atom. The highest BCUT2D eigenvalue weighted by Crippen LogP contribution is 2.24. The molecular weight excluding hydrogens is 176 g/mol. The van der Waals surface area contributed by atoms with Crippen LogP contribution >= 0.6 is 0 Å². The lowest BCUT2D eigenvalue weighted by Gasteiger charge is -2.36. The fraction of sp³-hybridized carbons (Fsp3) is 0.545. The lowest BCUT2D eigenvalue weighted by Crippen LogP contribution is -2.42. The van der Waals surface area contributed by atoms with Crippen molar-refractivity contribution in [1.29, 1.82) is 0 Å². The summed E-state index contributed by atoms with van der Waals surface area (Å²) in [5.74, 6) is 0. The first-order chi connectivity index (χ1) is 6.67. The molecule has 0 unspecified atom stereocenters. The molecule has 1 aromatic heterocycles. The van der Waals surface area contributed by atoms with Gasteiger partial charge in [0.2, 0.25) is 0 Å². The summed E-state index contributed by atoms with van der Waals surface area (Å²) in [4.78, 5) is 6.18. The highest BCUT2D eigenvalue weighted by atomic mass is 16.3. The first-order valence-electron chi connectivity index (χ1n) is 4.97. The standard InChI is InChI=1S/C11H15N2O/c1-11(14)4-7-13(8-5-11)10-3-2-6-12-9-10/h2-3,6,14H,4-5,7-8H2,1H3. The number of piperidine rings is 1. The molecule has 1 fully saturated rings. The Balaban J connectivity index is 2.03. The largest absolute Gasteiger partial charge is 0.390 e. The van der Waals surface area contributed by atoms with E-state index in [4.69, 9.17) is 0 Å². The van der Waals surface area contributed by atoms with Gasteiger partial charge in [0.25, 0.3) is 0 Å². The fourth-order valence-corrected chi connectivity index (χ4v) is 1.72. The molecule has 1 aliphatic heterocycles. The van der Waals surface area contributed by atoms with Crippen molar-refractivity contribution in [2.24, 2.45) is 0 Å². The molecule has 0 aromatic carbocycles. The van der Waals surface area contributed by atoms with Crippen LogP contribution in [0.1, 0.15) is 19.8 Å². The average molecular weight is 191 g/mol. The molecule has 3 nitrogen and oxygen atoms in total. The molecule has 2 rings (SSSR count). The van der Waals surface area contributed by atoms with Crippen LogP contribution < -0.4 is 4.90 Å². The molecule has 0 spiro atoms. The van der Waals surface area contributed by atoms with Crippen LogP contribution in [-0.4, -0.2) is 28.8 Å². The van der Waals surface area contributed by atoms with E-state index in [1.54, 1.807) is 6.20 Å². The van der Waals surface area contributed by atoms with E-state index in [0.717, 1.165) is 31.6 Å². The normalized spacial score (nSPS) is 20.9. The second-order valence-corrected chi connectivity index (χ2v) is 4.12. The van der Waals surface area contributed by atoms with Gasteiger partial charge in [-0.2, -0.15) is 0 Å². The zero-order valence-electron chi connectivity index (χ0n) is 8.40. The molecule has 1 N–H and O–H groups in total. The van der Waals surface area contributed by atoms with Crippen molar-refractivity contribution in [3.63, 3.8) is 0 Å². The molecule has 0 bridgehead atoms. The van der Waals surface area contributed by atoms with Gasteiger partial charge in [0.1, 0.15) is 6.20 Å². The van der Waals surface area contributed by atoms with E-state index in [1.165, 1.54) is 0 Å². The van der Waals surface area contributed by atoms with Gasteiger partial charge in [0, 0.05) is 19.3 Å². The van der Waals surface area contributed by atoms with Gasteiger partial charge in [-0.05, 0) is 31.9 Å². The molecule has 1 aromatic rings. The van der Waals surface area contributed by atoms with E-state index >= 15 is 0 Å². The Kier molecular flexibility index (Phi) is 2.42. The molecule has 75 valence electrons. The molecule has 1 radical (unpaired) electrons. The maximum absolute atomic E-state index is 9.79. The highest BCUT2D eigenvalue weighted by Gasteiger charge is 2.27. The number of aromatic nitrogens is 1. The van der Waals surface area contributed by atoms with Crippen molar-refractivity contribution in [3.8, 4) is 0 Å². The van der Waals surface area contributed by atoms with Gasteiger partial charge in [-0.25, -0.2) is 0 Å². The maximum atomic E-state index is 9.79. The predicted molar refractivity (Wildman–Crippen MR) is 55.1 cm³/mol. The molecule has 1 saturated heterocycles. The van der Waals surface area contributed by atoms with Crippen molar-refractivity contribution in [2.75, 3.05) is 18.0 Å². The number of hydrogen-bond donors (Lipinski definition) is 1. The van der Waals surface area contributed by atoms with Crippen LogP contribution in [0.25, 0.3) is 0 Å². The number of pyridine rings is 1. The third-order valence-electron chi connectivity index (χ3n) is 2.78. The smallest absolute Gasteiger partial charge is 0.114 e. The van der Waals surface area contributed by atoms with Gasteiger partial charge in [-0.3, -0.25) is 4.98 Å². The summed E-state index contributed by atoms with van der Waals surface area (Å²) in [6.45, 7) is 3.67. The van der Waals surface area contributed by atoms with E-state index < -0.39 is 5.60 Å². The van der Waals surface area contributed by atoms with Crippen molar-refractivity contribution in [2.45, 2.75) is 25.4 Å². The molecule has 0 atom stereocenters. The second kappa shape index (κ2) is 3.58. The van der Waals surface area contributed by atoms with Crippen LogP contribution in [0, 0.1) is 6.20 Å². The topological polar surface area (TPSA) is 36.4 Å². The van der Waals surface area contributed by atoms with Gasteiger partial charge >= 0.3 is 0 Å². The first kappa shape index (κ1) is 9.46. The second-order valence-electron chi connectivity index (χ2n) is 4.12. The Morgan fingerprint density at radius 1 is 1.50 bits per heavy atom. The van der Waals surface area contributed by atoms with Crippen molar-refractivity contribution in [1.82, 2.24) is 4.98 Å². The van der Waals surface area contributed by atoms with E-state index in [1.807, 2.05) is 19.1 Å². The van der Waals surface area contributed by atoms with Gasteiger partial charge in [-0.1, -0.05) is 0 Å². The summed E-state index contributed by atoms with van der Waals surface area (Å²) >= 11 is 0. The summed E-state index contributed by atoms with van der Waals surface area (Å²) in [6.07, 6.45) is 6.32. The Labute approximate surface area is 84.4 Å². The summed E-state index contributed by atoms with van der Waals surface area (Å²) in [5, 5.41) is 9.79. The van der Waals surface area contributed by atoms with Crippen LogP contribution in [0.3, 0.4) is 0 Å².